The van der Waals surface area contributed by atoms with Gasteiger partial charge in [-0.2, -0.15) is 13.2 Å². The first-order valence-electron chi connectivity index (χ1n) is 15.7. The van der Waals surface area contributed by atoms with Crippen LogP contribution >= 0.6 is 0 Å². The number of hydrogen-bond acceptors (Lipinski definition) is 7. The summed E-state index contributed by atoms with van der Waals surface area (Å²) in [6.45, 7) is 10.2. The van der Waals surface area contributed by atoms with Crippen molar-refractivity contribution >= 4 is 11.6 Å². The van der Waals surface area contributed by atoms with Crippen LogP contribution in [0, 0.1) is 0 Å². The number of nitrogens with zero attached hydrogens (tertiary/aromatic N) is 6. The number of fused-ring (bicyclic) bond motifs is 1. The van der Waals surface area contributed by atoms with E-state index in [4.69, 9.17) is 9.47 Å². The van der Waals surface area contributed by atoms with Crippen molar-refractivity contribution in [3.63, 3.8) is 0 Å². The van der Waals surface area contributed by atoms with E-state index >= 15 is 0 Å². The van der Waals surface area contributed by atoms with E-state index in [1.54, 1.807) is 18.5 Å². The van der Waals surface area contributed by atoms with E-state index in [2.05, 4.69) is 33.8 Å². The van der Waals surface area contributed by atoms with Crippen LogP contribution in [0.1, 0.15) is 58.7 Å². The summed E-state index contributed by atoms with van der Waals surface area (Å²) in [6.07, 6.45) is -1.06. The Balaban J connectivity index is 0.00000115. The zero-order valence-electron chi connectivity index (χ0n) is 26.1. The minimum Gasteiger partial charge on any atom is -0.379 e. The van der Waals surface area contributed by atoms with Gasteiger partial charge in [0, 0.05) is 62.9 Å². The monoisotopic (exact) mass is 626 g/mol. The van der Waals surface area contributed by atoms with E-state index in [9.17, 15) is 18.0 Å². The number of hydrogen-bond donors (Lipinski definition) is 0. The van der Waals surface area contributed by atoms with E-state index in [-0.39, 0.29) is 23.1 Å². The molecule has 7 rings (SSSR count). The van der Waals surface area contributed by atoms with E-state index in [1.807, 2.05) is 29.8 Å². The first-order valence-corrected chi connectivity index (χ1v) is 15.7. The number of halogens is 3. The highest BCUT2D eigenvalue weighted by molar-refractivity contribution is 6.10. The van der Waals surface area contributed by atoms with Crippen LogP contribution in [0.2, 0.25) is 0 Å². The van der Waals surface area contributed by atoms with Gasteiger partial charge in [-0.05, 0) is 41.0 Å². The second-order valence-corrected chi connectivity index (χ2v) is 12.6. The Morgan fingerprint density at radius 3 is 2.33 bits per heavy atom. The molecule has 3 aromatic rings. The van der Waals surface area contributed by atoms with Crippen LogP contribution in [0.15, 0.2) is 42.7 Å². The van der Waals surface area contributed by atoms with Crippen LogP contribution in [0.5, 0.6) is 0 Å². The van der Waals surface area contributed by atoms with Crippen LogP contribution < -0.4 is 4.90 Å². The molecule has 12 heteroatoms. The molecule has 242 valence electrons. The highest BCUT2D eigenvalue weighted by atomic mass is 19.4. The summed E-state index contributed by atoms with van der Waals surface area (Å²) in [5, 5.41) is 8.20. The Morgan fingerprint density at radius 2 is 1.76 bits per heavy atom. The highest BCUT2D eigenvalue weighted by Crippen LogP contribution is 2.42. The summed E-state index contributed by atoms with van der Waals surface area (Å²) in [7, 11) is 1.89. The largest absolute Gasteiger partial charge is 0.416 e. The average Bonchev–Trinajstić information content (AvgIpc) is 3.52. The van der Waals surface area contributed by atoms with Gasteiger partial charge < -0.3 is 18.9 Å². The molecule has 5 heterocycles. The van der Waals surface area contributed by atoms with Gasteiger partial charge in [-0.3, -0.25) is 14.6 Å². The van der Waals surface area contributed by atoms with E-state index < -0.39 is 17.6 Å². The minimum atomic E-state index is -4.56. The van der Waals surface area contributed by atoms with Gasteiger partial charge in [0.2, 0.25) is 0 Å². The molecule has 0 saturated carbocycles. The Hall–Kier alpha value is -3.32. The molecule has 0 radical (unpaired) electrons. The summed E-state index contributed by atoms with van der Waals surface area (Å²) in [5.74, 6) is 0.408. The molecule has 3 saturated heterocycles. The standard InChI is InChI=1S/C30H33F3N6O3.C3H8/c1-36-19-34-35-27(36)12-29(17-42-18-29)21-3-2-4-22(11-21)39-14-25-24(28(39)40)9-20(10-26(25)30(31,32)33)13-37-5-7-38(8-6-37)23-15-41-16-23;1-3-2/h2-4,9-11,19,23H,5-8,12-18H2,1H3;3H2,1-2H3. The van der Waals surface area contributed by atoms with Crippen molar-refractivity contribution in [2.75, 3.05) is 57.5 Å². The lowest BCUT2D eigenvalue weighted by Crippen LogP contribution is -2.56. The van der Waals surface area contributed by atoms with Gasteiger partial charge in [-0.25, -0.2) is 0 Å². The van der Waals surface area contributed by atoms with Crippen LogP contribution in [-0.2, 0) is 47.6 Å². The van der Waals surface area contributed by atoms with E-state index in [0.717, 1.165) is 50.8 Å². The average molecular weight is 627 g/mol. The maximum absolute atomic E-state index is 14.3. The van der Waals surface area contributed by atoms with Gasteiger partial charge in [0.25, 0.3) is 5.91 Å². The SMILES string of the molecule is CCC.Cn1cnnc1CC1(c2cccc(N3Cc4c(cc(CN5CCN(C6COC6)CC5)cc4C(F)(F)F)C3=O)c2)COC1. The lowest BCUT2D eigenvalue weighted by molar-refractivity contribution is -0.138. The Labute approximate surface area is 261 Å². The number of carbonyl (C=O) groups excluding carboxylic acids is 1. The molecule has 0 aliphatic carbocycles. The molecule has 9 nitrogen and oxygen atoms in total. The Bertz CT molecular complexity index is 1510. The molecule has 3 fully saturated rings. The highest BCUT2D eigenvalue weighted by Gasteiger charge is 2.44. The zero-order valence-corrected chi connectivity index (χ0v) is 26.1. The van der Waals surface area contributed by atoms with Crippen molar-refractivity contribution < 1.29 is 27.4 Å². The number of benzene rings is 2. The first kappa shape index (κ1) is 31.7. The molecule has 0 atom stereocenters. The molecule has 1 aromatic heterocycles. The van der Waals surface area contributed by atoms with Gasteiger partial charge in [-0.15, -0.1) is 10.2 Å². The molecule has 0 N–H and O–H groups in total. The molecular formula is C33H41F3N6O3. The van der Waals surface area contributed by atoms with Crippen molar-refractivity contribution in [3.05, 3.63) is 76.4 Å². The number of ether oxygens (including phenoxy) is 2. The van der Waals surface area contributed by atoms with Crippen molar-refractivity contribution in [1.82, 2.24) is 24.6 Å². The van der Waals surface area contributed by atoms with Gasteiger partial charge >= 0.3 is 6.18 Å². The third kappa shape index (κ3) is 6.38. The number of anilines is 1. The van der Waals surface area contributed by atoms with Gasteiger partial charge in [0.15, 0.2) is 0 Å². The fraction of sp³-hybridized carbons (Fsp3) is 0.545. The lowest BCUT2D eigenvalue weighted by Gasteiger charge is -2.42. The molecule has 1 amide bonds. The number of carbonyl (C=O) groups is 1. The van der Waals surface area contributed by atoms with Crippen molar-refractivity contribution in [1.29, 1.82) is 0 Å². The summed E-state index contributed by atoms with van der Waals surface area (Å²) in [4.78, 5) is 19.7. The van der Waals surface area contributed by atoms with Crippen molar-refractivity contribution in [3.8, 4) is 0 Å². The molecule has 45 heavy (non-hydrogen) atoms. The molecule has 0 bridgehead atoms. The van der Waals surface area contributed by atoms with Gasteiger partial charge in [0.1, 0.15) is 12.2 Å². The molecule has 0 spiro atoms. The van der Waals surface area contributed by atoms with Gasteiger partial charge in [-0.1, -0.05) is 32.4 Å². The lowest BCUT2D eigenvalue weighted by atomic mass is 9.75. The van der Waals surface area contributed by atoms with Crippen LogP contribution in [0.4, 0.5) is 18.9 Å². The normalized spacial score (nSPS) is 20.3. The predicted octanol–water partition coefficient (Wildman–Crippen LogP) is 4.44. The molecule has 2 aromatic carbocycles. The van der Waals surface area contributed by atoms with Crippen LogP contribution in [0.3, 0.4) is 0 Å². The minimum absolute atomic E-state index is 0.0391. The quantitative estimate of drug-likeness (QED) is 0.384. The first-order chi connectivity index (χ1) is 21.6. The third-order valence-corrected chi connectivity index (χ3v) is 9.19. The van der Waals surface area contributed by atoms with Crippen molar-refractivity contribution in [2.45, 2.75) is 57.4 Å². The maximum atomic E-state index is 14.3. The summed E-state index contributed by atoms with van der Waals surface area (Å²) in [5.41, 5.74) is 1.16. The number of alkyl halides is 3. The third-order valence-electron chi connectivity index (χ3n) is 9.19. The fourth-order valence-electron chi connectivity index (χ4n) is 6.49. The fourth-order valence-corrected chi connectivity index (χ4v) is 6.49. The number of rotatable bonds is 7. The summed E-state index contributed by atoms with van der Waals surface area (Å²) in [6, 6.07) is 10.9. The number of amides is 1. The van der Waals surface area contributed by atoms with Gasteiger partial charge in [0.05, 0.1) is 44.6 Å². The summed E-state index contributed by atoms with van der Waals surface area (Å²) < 4.78 is 55.8. The second-order valence-electron chi connectivity index (χ2n) is 12.6. The van der Waals surface area contributed by atoms with Crippen LogP contribution in [0.25, 0.3) is 0 Å². The number of aryl methyl sites for hydroxylation is 1. The van der Waals surface area contributed by atoms with E-state index in [1.165, 1.54) is 17.4 Å². The smallest absolute Gasteiger partial charge is 0.379 e. The molecular weight excluding hydrogens is 585 g/mol. The molecule has 4 aliphatic rings. The van der Waals surface area contributed by atoms with Crippen molar-refractivity contribution in [2.24, 2.45) is 7.05 Å². The Morgan fingerprint density at radius 1 is 1.02 bits per heavy atom. The van der Waals surface area contributed by atoms with E-state index in [0.29, 0.717) is 43.5 Å². The number of piperazine rings is 1. The number of aromatic nitrogens is 3. The van der Waals surface area contributed by atoms with Crippen LogP contribution in [-0.4, -0.2) is 89.1 Å². The molecule has 4 aliphatic heterocycles. The zero-order chi connectivity index (χ0) is 31.8. The Kier molecular flexibility index (Phi) is 9.02. The topological polar surface area (TPSA) is 76.0 Å². The maximum Gasteiger partial charge on any atom is 0.416 e. The summed E-state index contributed by atoms with van der Waals surface area (Å²) >= 11 is 0. The second kappa shape index (κ2) is 12.8. The molecule has 0 unspecified atom stereocenters. The predicted molar refractivity (Wildman–Crippen MR) is 163 cm³/mol.